The molecule has 0 aliphatic carbocycles. The highest BCUT2D eigenvalue weighted by atomic mass is 35.5. The van der Waals surface area contributed by atoms with E-state index in [2.05, 4.69) is 5.32 Å². The first-order valence-corrected chi connectivity index (χ1v) is 9.80. The lowest BCUT2D eigenvalue weighted by atomic mass is 10.1. The minimum atomic E-state index is -0.502. The lowest BCUT2D eigenvalue weighted by Gasteiger charge is -2.08. The SMILES string of the molecule is O=C(COC(=O)c1cccc2ccccc12)NCCSc1ccc(Cl)cc1. The van der Waals surface area contributed by atoms with Crippen LogP contribution in [0.4, 0.5) is 0 Å². The third-order valence-electron chi connectivity index (χ3n) is 3.85. The zero-order valence-corrected chi connectivity index (χ0v) is 16.1. The van der Waals surface area contributed by atoms with Crippen LogP contribution in [0.25, 0.3) is 10.8 Å². The minimum Gasteiger partial charge on any atom is -0.452 e. The number of rotatable bonds is 7. The molecule has 0 unspecified atom stereocenters. The molecule has 138 valence electrons. The first-order valence-electron chi connectivity index (χ1n) is 8.43. The van der Waals surface area contributed by atoms with Crippen molar-refractivity contribution in [1.82, 2.24) is 5.32 Å². The Hall–Kier alpha value is -2.50. The third-order valence-corrected chi connectivity index (χ3v) is 5.12. The molecule has 1 N–H and O–H groups in total. The maximum absolute atomic E-state index is 12.3. The number of hydrogen-bond donors (Lipinski definition) is 1. The molecule has 0 heterocycles. The van der Waals surface area contributed by atoms with Gasteiger partial charge in [0.1, 0.15) is 0 Å². The zero-order chi connectivity index (χ0) is 19.1. The van der Waals surface area contributed by atoms with Crippen LogP contribution < -0.4 is 5.32 Å². The Morgan fingerprint density at radius 2 is 1.70 bits per heavy atom. The van der Waals surface area contributed by atoms with Crippen molar-refractivity contribution in [2.75, 3.05) is 18.9 Å². The van der Waals surface area contributed by atoms with Crippen LogP contribution in [0.3, 0.4) is 0 Å². The van der Waals surface area contributed by atoms with Gasteiger partial charge in [-0.15, -0.1) is 11.8 Å². The molecule has 0 aliphatic rings. The molecule has 0 saturated carbocycles. The van der Waals surface area contributed by atoms with Crippen molar-refractivity contribution in [3.05, 3.63) is 77.3 Å². The van der Waals surface area contributed by atoms with Gasteiger partial charge in [-0.1, -0.05) is 48.0 Å². The summed E-state index contributed by atoms with van der Waals surface area (Å²) >= 11 is 7.46. The van der Waals surface area contributed by atoms with Gasteiger partial charge in [-0.05, 0) is 41.1 Å². The van der Waals surface area contributed by atoms with Crippen molar-refractivity contribution in [3.8, 4) is 0 Å². The standard InChI is InChI=1S/C21H18ClNO3S/c22-16-8-10-17(11-9-16)27-13-12-23-20(24)14-26-21(25)19-7-3-5-15-4-1-2-6-18(15)19/h1-11H,12-14H2,(H,23,24). The number of halogens is 1. The molecule has 0 spiro atoms. The number of nitrogens with one attached hydrogen (secondary N) is 1. The van der Waals surface area contributed by atoms with Crippen molar-refractivity contribution in [2.45, 2.75) is 4.90 Å². The van der Waals surface area contributed by atoms with Gasteiger partial charge in [0.2, 0.25) is 0 Å². The molecule has 1 amide bonds. The van der Waals surface area contributed by atoms with E-state index in [0.29, 0.717) is 22.9 Å². The lowest BCUT2D eigenvalue weighted by molar-refractivity contribution is -0.124. The molecule has 0 fully saturated rings. The average Bonchev–Trinajstić information content (AvgIpc) is 2.70. The van der Waals surface area contributed by atoms with Gasteiger partial charge in [-0.3, -0.25) is 4.79 Å². The molecular weight excluding hydrogens is 382 g/mol. The summed E-state index contributed by atoms with van der Waals surface area (Å²) in [4.78, 5) is 25.3. The summed E-state index contributed by atoms with van der Waals surface area (Å²) in [5.74, 6) is -0.109. The maximum Gasteiger partial charge on any atom is 0.339 e. The summed E-state index contributed by atoms with van der Waals surface area (Å²) in [5.41, 5.74) is 0.458. The van der Waals surface area contributed by atoms with E-state index >= 15 is 0 Å². The molecule has 0 aromatic heterocycles. The Morgan fingerprint density at radius 3 is 2.52 bits per heavy atom. The summed E-state index contributed by atoms with van der Waals surface area (Å²) in [6.07, 6.45) is 0. The van der Waals surface area contributed by atoms with E-state index in [9.17, 15) is 9.59 Å². The number of carbonyl (C=O) groups is 2. The smallest absolute Gasteiger partial charge is 0.339 e. The second-order valence-electron chi connectivity index (χ2n) is 5.76. The Kier molecular flexibility index (Phi) is 6.74. The summed E-state index contributed by atoms with van der Waals surface area (Å²) < 4.78 is 5.15. The zero-order valence-electron chi connectivity index (χ0n) is 14.5. The maximum atomic E-state index is 12.3. The first kappa shape index (κ1) is 19.3. The molecule has 4 nitrogen and oxygen atoms in total. The van der Waals surface area contributed by atoms with Crippen LogP contribution in [0.1, 0.15) is 10.4 Å². The number of amides is 1. The van der Waals surface area contributed by atoms with E-state index in [-0.39, 0.29) is 12.5 Å². The normalized spacial score (nSPS) is 10.6. The monoisotopic (exact) mass is 399 g/mol. The Labute approximate surface area is 166 Å². The minimum absolute atomic E-state index is 0.298. The van der Waals surface area contributed by atoms with Crippen molar-refractivity contribution < 1.29 is 14.3 Å². The van der Waals surface area contributed by atoms with Gasteiger partial charge in [-0.25, -0.2) is 4.79 Å². The summed E-state index contributed by atoms with van der Waals surface area (Å²) in [5, 5.41) is 5.20. The van der Waals surface area contributed by atoms with Crippen LogP contribution in [0.2, 0.25) is 5.02 Å². The van der Waals surface area contributed by atoms with Gasteiger partial charge in [0, 0.05) is 22.2 Å². The van der Waals surface area contributed by atoms with Gasteiger partial charge < -0.3 is 10.1 Å². The largest absolute Gasteiger partial charge is 0.452 e. The highest BCUT2D eigenvalue weighted by Gasteiger charge is 2.12. The molecule has 0 bridgehead atoms. The number of hydrogen-bond acceptors (Lipinski definition) is 4. The number of ether oxygens (including phenoxy) is 1. The summed E-state index contributed by atoms with van der Waals surface area (Å²) in [6.45, 7) is 0.186. The Morgan fingerprint density at radius 1 is 0.963 bits per heavy atom. The van der Waals surface area contributed by atoms with E-state index in [1.165, 1.54) is 0 Å². The molecule has 3 aromatic carbocycles. The molecule has 27 heavy (non-hydrogen) atoms. The average molecular weight is 400 g/mol. The fourth-order valence-electron chi connectivity index (χ4n) is 2.55. The predicted octanol–water partition coefficient (Wildman–Crippen LogP) is 4.56. The van der Waals surface area contributed by atoms with Gasteiger partial charge in [0.05, 0.1) is 5.56 Å². The van der Waals surface area contributed by atoms with E-state index in [0.717, 1.165) is 15.7 Å². The lowest BCUT2D eigenvalue weighted by Crippen LogP contribution is -2.30. The Bertz CT molecular complexity index is 938. The molecule has 0 aliphatic heterocycles. The van der Waals surface area contributed by atoms with Gasteiger partial charge in [0.15, 0.2) is 6.61 Å². The van der Waals surface area contributed by atoms with Crippen LogP contribution >= 0.6 is 23.4 Å². The van der Waals surface area contributed by atoms with Crippen LogP contribution in [0, 0.1) is 0 Å². The predicted molar refractivity (Wildman–Crippen MR) is 109 cm³/mol. The highest BCUT2D eigenvalue weighted by molar-refractivity contribution is 7.99. The quantitative estimate of drug-likeness (QED) is 0.359. The fraction of sp³-hybridized carbons (Fsp3) is 0.143. The molecule has 6 heteroatoms. The van der Waals surface area contributed by atoms with Crippen LogP contribution in [-0.2, 0) is 9.53 Å². The molecule has 3 aromatic rings. The van der Waals surface area contributed by atoms with Crippen LogP contribution in [0.15, 0.2) is 71.6 Å². The van der Waals surface area contributed by atoms with Crippen molar-refractivity contribution in [2.24, 2.45) is 0 Å². The fourth-order valence-corrected chi connectivity index (χ4v) is 3.45. The van der Waals surface area contributed by atoms with Gasteiger partial charge in [-0.2, -0.15) is 0 Å². The number of thioether (sulfide) groups is 1. The molecular formula is C21H18ClNO3S. The number of carbonyl (C=O) groups excluding carboxylic acids is 2. The number of esters is 1. The topological polar surface area (TPSA) is 55.4 Å². The van der Waals surface area contributed by atoms with E-state index in [1.807, 2.05) is 54.6 Å². The third kappa shape index (κ3) is 5.49. The Balaban J connectivity index is 1.43. The molecule has 0 atom stereocenters. The van der Waals surface area contributed by atoms with Crippen molar-refractivity contribution >= 4 is 46.0 Å². The molecule has 0 radical (unpaired) electrons. The first-order chi connectivity index (χ1) is 13.1. The summed E-state index contributed by atoms with van der Waals surface area (Å²) in [6, 6.07) is 20.5. The highest BCUT2D eigenvalue weighted by Crippen LogP contribution is 2.20. The van der Waals surface area contributed by atoms with Gasteiger partial charge in [0.25, 0.3) is 5.91 Å². The van der Waals surface area contributed by atoms with E-state index < -0.39 is 5.97 Å². The van der Waals surface area contributed by atoms with E-state index in [4.69, 9.17) is 16.3 Å². The number of fused-ring (bicyclic) bond motifs is 1. The number of benzene rings is 3. The van der Waals surface area contributed by atoms with Crippen LogP contribution in [-0.4, -0.2) is 30.8 Å². The molecule has 0 saturated heterocycles. The van der Waals surface area contributed by atoms with Crippen molar-refractivity contribution in [1.29, 1.82) is 0 Å². The second-order valence-corrected chi connectivity index (χ2v) is 7.36. The van der Waals surface area contributed by atoms with Crippen molar-refractivity contribution in [3.63, 3.8) is 0 Å². The van der Waals surface area contributed by atoms with Gasteiger partial charge >= 0.3 is 5.97 Å². The molecule has 3 rings (SSSR count). The summed E-state index contributed by atoms with van der Waals surface area (Å²) in [7, 11) is 0. The second kappa shape index (κ2) is 9.44. The van der Waals surface area contributed by atoms with E-state index in [1.54, 1.807) is 23.9 Å². The van der Waals surface area contributed by atoms with Crippen LogP contribution in [0.5, 0.6) is 0 Å².